The Morgan fingerprint density at radius 1 is 1.50 bits per heavy atom. The van der Waals surface area contributed by atoms with Gasteiger partial charge in [-0.25, -0.2) is 0 Å². The SMILES string of the molecule is C=C.C=CO.[H-].[Li+]. The Hall–Kier alpha value is -0.123. The van der Waals surface area contributed by atoms with E-state index in [0.29, 0.717) is 0 Å². The van der Waals surface area contributed by atoms with Gasteiger partial charge in [0.1, 0.15) is 0 Å². The van der Waals surface area contributed by atoms with E-state index >= 15 is 0 Å². The summed E-state index contributed by atoms with van der Waals surface area (Å²) in [6.45, 7) is 8.92. The summed E-state index contributed by atoms with van der Waals surface area (Å²) < 4.78 is 0. The molecular weight excluding hydrogens is 71.0 g/mol. The Morgan fingerprint density at radius 2 is 1.50 bits per heavy atom. The van der Waals surface area contributed by atoms with Gasteiger partial charge in [0.2, 0.25) is 0 Å². The molecule has 0 bridgehead atoms. The summed E-state index contributed by atoms with van der Waals surface area (Å²) in [5.41, 5.74) is 0. The van der Waals surface area contributed by atoms with Crippen LogP contribution in [0.3, 0.4) is 0 Å². The molecule has 0 rings (SSSR count). The second-order valence-electron chi connectivity index (χ2n) is 0.183. The molecule has 1 nitrogen and oxygen atoms in total. The fourth-order valence-electron chi connectivity index (χ4n) is 0. The largest absolute Gasteiger partial charge is 1.00 e. The maximum Gasteiger partial charge on any atom is 1.00 e. The Labute approximate surface area is 52.0 Å². The van der Waals surface area contributed by atoms with Crippen molar-refractivity contribution in [1.29, 1.82) is 0 Å². The maximum absolute atomic E-state index is 7.33. The van der Waals surface area contributed by atoms with Crippen molar-refractivity contribution in [1.82, 2.24) is 0 Å². The minimum atomic E-state index is 0. The molecule has 0 saturated carbocycles. The molecule has 0 saturated heterocycles. The molecule has 0 aromatic carbocycles. The standard InChI is InChI=1S/C2H4O.C2H4.Li.H/c1-2-3;1-2;;/h2-3H,1H2;1-2H2;;/q;;+1;-1. The van der Waals surface area contributed by atoms with Crippen LogP contribution >= 0.6 is 0 Å². The fourth-order valence-corrected chi connectivity index (χ4v) is 0. The molecule has 0 unspecified atom stereocenters. The van der Waals surface area contributed by atoms with Crippen molar-refractivity contribution < 1.29 is 25.4 Å². The van der Waals surface area contributed by atoms with Gasteiger partial charge in [-0.05, 0) is 0 Å². The van der Waals surface area contributed by atoms with E-state index < -0.39 is 0 Å². The van der Waals surface area contributed by atoms with E-state index in [1.54, 1.807) is 0 Å². The van der Waals surface area contributed by atoms with Gasteiger partial charge in [-0.3, -0.25) is 0 Å². The van der Waals surface area contributed by atoms with Crippen LogP contribution in [-0.2, 0) is 0 Å². The second kappa shape index (κ2) is 95.3. The van der Waals surface area contributed by atoms with E-state index in [4.69, 9.17) is 5.11 Å². The van der Waals surface area contributed by atoms with Crippen LogP contribution in [0.5, 0.6) is 0 Å². The van der Waals surface area contributed by atoms with Crippen molar-refractivity contribution >= 4 is 0 Å². The predicted molar refractivity (Wildman–Crippen MR) is 25.2 cm³/mol. The van der Waals surface area contributed by atoms with E-state index in [1.165, 1.54) is 0 Å². The number of rotatable bonds is 0. The molecule has 6 heavy (non-hydrogen) atoms. The van der Waals surface area contributed by atoms with Crippen LogP contribution < -0.4 is 18.9 Å². The second-order valence-corrected chi connectivity index (χ2v) is 0.183. The van der Waals surface area contributed by atoms with Crippen molar-refractivity contribution in [3.8, 4) is 0 Å². The van der Waals surface area contributed by atoms with Crippen molar-refractivity contribution in [2.45, 2.75) is 0 Å². The van der Waals surface area contributed by atoms with E-state index in [0.717, 1.165) is 6.26 Å². The van der Waals surface area contributed by atoms with Crippen molar-refractivity contribution in [3.05, 3.63) is 26.0 Å². The Bertz CT molecular complexity index is 25.7. The molecule has 0 spiro atoms. The monoisotopic (exact) mass is 80.1 g/mol. The van der Waals surface area contributed by atoms with E-state index in [9.17, 15) is 0 Å². The Balaban J connectivity index is -0.0000000105. The molecule has 0 radical (unpaired) electrons. The molecular formula is C4H9LiO. The van der Waals surface area contributed by atoms with Gasteiger partial charge in [-0.2, -0.15) is 0 Å². The van der Waals surface area contributed by atoms with Crippen LogP contribution in [0.1, 0.15) is 1.43 Å². The van der Waals surface area contributed by atoms with Gasteiger partial charge in [0, 0.05) is 0 Å². The van der Waals surface area contributed by atoms with E-state index in [1.807, 2.05) is 0 Å². The Morgan fingerprint density at radius 3 is 1.50 bits per heavy atom. The first kappa shape index (κ1) is 16.9. The quantitative estimate of drug-likeness (QED) is 0.216. The number of hydrogen-bond donors (Lipinski definition) is 1. The van der Waals surface area contributed by atoms with Crippen molar-refractivity contribution in [2.75, 3.05) is 0 Å². The summed E-state index contributed by atoms with van der Waals surface area (Å²) in [5.74, 6) is 0. The third kappa shape index (κ3) is 2140. The molecule has 0 amide bonds. The zero-order valence-corrected chi connectivity index (χ0v) is 4.15. The van der Waals surface area contributed by atoms with Crippen LogP contribution in [0.25, 0.3) is 0 Å². The summed E-state index contributed by atoms with van der Waals surface area (Å²) >= 11 is 0. The minimum Gasteiger partial charge on any atom is -1.00 e. The van der Waals surface area contributed by atoms with Crippen LogP contribution in [0.2, 0.25) is 0 Å². The molecule has 0 aromatic heterocycles. The normalized spacial score (nSPS) is 2.67. The first-order valence-corrected chi connectivity index (χ1v) is 1.17. The summed E-state index contributed by atoms with van der Waals surface area (Å²) in [6, 6.07) is 0. The van der Waals surface area contributed by atoms with E-state index in [-0.39, 0.29) is 20.3 Å². The summed E-state index contributed by atoms with van der Waals surface area (Å²) in [7, 11) is 0. The Kier molecular flexibility index (Phi) is 268. The van der Waals surface area contributed by atoms with Crippen LogP contribution in [-0.4, -0.2) is 5.11 Å². The smallest absolute Gasteiger partial charge is 1.00 e. The van der Waals surface area contributed by atoms with Gasteiger partial charge >= 0.3 is 18.9 Å². The molecule has 0 fully saturated rings. The molecule has 0 aliphatic carbocycles. The fraction of sp³-hybridized carbons (Fsp3) is 0. The van der Waals surface area contributed by atoms with Gasteiger partial charge in [-0.15, -0.1) is 13.2 Å². The van der Waals surface area contributed by atoms with Gasteiger partial charge in [-0.1, -0.05) is 6.58 Å². The number of hydrogen-bond acceptors (Lipinski definition) is 1. The van der Waals surface area contributed by atoms with Crippen molar-refractivity contribution in [3.63, 3.8) is 0 Å². The third-order valence-corrected chi connectivity index (χ3v) is 0. The summed E-state index contributed by atoms with van der Waals surface area (Å²) in [4.78, 5) is 0. The summed E-state index contributed by atoms with van der Waals surface area (Å²) in [5, 5.41) is 7.33. The molecule has 1 N–H and O–H groups in total. The molecule has 2 heteroatoms. The number of aliphatic hydroxyl groups is 1. The zero-order chi connectivity index (χ0) is 4.71. The van der Waals surface area contributed by atoms with Gasteiger partial charge < -0.3 is 6.53 Å². The van der Waals surface area contributed by atoms with Gasteiger partial charge in [0.15, 0.2) is 0 Å². The summed E-state index contributed by atoms with van der Waals surface area (Å²) in [6.07, 6.45) is 0.750. The van der Waals surface area contributed by atoms with Crippen LogP contribution in [0.15, 0.2) is 26.0 Å². The molecule has 0 aliphatic heterocycles. The first-order valence-electron chi connectivity index (χ1n) is 1.17. The third-order valence-electron chi connectivity index (χ3n) is 0. The maximum atomic E-state index is 7.33. The van der Waals surface area contributed by atoms with E-state index in [2.05, 4.69) is 19.7 Å². The first-order chi connectivity index (χ1) is 2.41. The molecule has 0 aromatic rings. The molecule has 0 heterocycles. The van der Waals surface area contributed by atoms with Crippen LogP contribution in [0, 0.1) is 0 Å². The number of aliphatic hydroxyl groups excluding tert-OH is 1. The predicted octanol–water partition coefficient (Wildman–Crippen LogP) is -1.39. The topological polar surface area (TPSA) is 20.2 Å². The molecule has 32 valence electrons. The van der Waals surface area contributed by atoms with Crippen molar-refractivity contribution in [2.24, 2.45) is 0 Å². The average Bonchev–Trinajstić information content (AvgIpc) is 1.46. The molecule has 0 aliphatic rings. The molecule has 0 atom stereocenters. The van der Waals surface area contributed by atoms with Gasteiger partial charge in [0.05, 0.1) is 6.26 Å². The minimum absolute atomic E-state index is 0. The zero-order valence-electron chi connectivity index (χ0n) is 5.15. The van der Waals surface area contributed by atoms with Crippen LogP contribution in [0.4, 0.5) is 0 Å². The van der Waals surface area contributed by atoms with Gasteiger partial charge in [0.25, 0.3) is 0 Å². The average molecular weight is 80.1 g/mol.